The Kier molecular flexibility index (Phi) is 4.34. The number of halogens is 3. The molecule has 0 aliphatic heterocycles. The van der Waals surface area contributed by atoms with Gasteiger partial charge in [-0.05, 0) is 43.3 Å². The molecule has 0 unspecified atom stereocenters. The van der Waals surface area contributed by atoms with Gasteiger partial charge in [0.05, 0.1) is 11.1 Å². The summed E-state index contributed by atoms with van der Waals surface area (Å²) >= 11 is 19.7. The van der Waals surface area contributed by atoms with Crippen LogP contribution in [0.2, 0.25) is 5.02 Å². The van der Waals surface area contributed by atoms with Gasteiger partial charge < -0.3 is 9.88 Å². The molecule has 23 heavy (non-hydrogen) atoms. The predicted octanol–water partition coefficient (Wildman–Crippen LogP) is 4.75. The van der Waals surface area contributed by atoms with E-state index in [-0.39, 0.29) is 5.91 Å². The van der Waals surface area contributed by atoms with Gasteiger partial charge >= 0.3 is 0 Å². The second-order valence-electron chi connectivity index (χ2n) is 5.73. The predicted molar refractivity (Wildman–Crippen MR) is 94.6 cm³/mol. The van der Waals surface area contributed by atoms with Crippen LogP contribution in [0.15, 0.2) is 40.6 Å². The average Bonchev–Trinajstić information content (AvgIpc) is 2.77. The topological polar surface area (TPSA) is 46.9 Å². The zero-order valence-corrected chi connectivity index (χ0v) is 15.5. The number of carbonyl (C=O) groups excluding carboxylic acids is 1. The Hall–Kier alpha value is -0.880. The highest BCUT2D eigenvalue weighted by Gasteiger charge is 2.67. The Labute approximate surface area is 153 Å². The molecule has 0 saturated heterocycles. The van der Waals surface area contributed by atoms with Crippen LogP contribution in [0.4, 0.5) is 5.69 Å². The minimum absolute atomic E-state index is 0.216. The fourth-order valence-corrected chi connectivity index (χ4v) is 3.89. The van der Waals surface area contributed by atoms with Crippen molar-refractivity contribution >= 4 is 58.2 Å². The number of hydrogen-bond acceptors (Lipinski definition) is 3. The van der Waals surface area contributed by atoms with E-state index in [0.29, 0.717) is 17.1 Å². The molecule has 4 nitrogen and oxygen atoms in total. The molecule has 8 heteroatoms. The van der Waals surface area contributed by atoms with Gasteiger partial charge in [-0.1, -0.05) is 11.6 Å². The molecule has 1 heterocycles. The number of carbonyl (C=O) groups is 1. The van der Waals surface area contributed by atoms with E-state index in [0.717, 1.165) is 10.1 Å². The molecule has 0 radical (unpaired) electrons. The minimum Gasteiger partial charge on any atom is -0.329 e. The summed E-state index contributed by atoms with van der Waals surface area (Å²) in [5.74, 6) is -0.216. The number of aryl methyl sites for hydroxylation is 1. The van der Waals surface area contributed by atoms with Crippen molar-refractivity contribution in [3.63, 3.8) is 0 Å². The number of aromatic nitrogens is 2. The lowest BCUT2D eigenvalue weighted by Gasteiger charge is -2.15. The summed E-state index contributed by atoms with van der Waals surface area (Å²) in [6, 6.07) is 5.33. The van der Waals surface area contributed by atoms with Crippen LogP contribution in [0.3, 0.4) is 0 Å². The standard InChI is InChI=1S/C15H14Cl3N3OS/c1-14(8-15(14,17)18)12(22)20-10-7-9(16)3-4-11(10)23-13-19-5-6-21(13)2/h3-7H,8H2,1-2H3,(H,20,22)/t14-/m1/s1. The van der Waals surface area contributed by atoms with Crippen molar-refractivity contribution < 1.29 is 4.79 Å². The average molecular weight is 391 g/mol. The first-order chi connectivity index (χ1) is 10.7. The van der Waals surface area contributed by atoms with Crippen LogP contribution in [0.5, 0.6) is 0 Å². The van der Waals surface area contributed by atoms with Crippen molar-refractivity contribution in [1.29, 1.82) is 0 Å². The zero-order valence-electron chi connectivity index (χ0n) is 12.4. The zero-order chi connectivity index (χ0) is 16.8. The Balaban J connectivity index is 1.85. The van der Waals surface area contributed by atoms with E-state index < -0.39 is 9.75 Å². The van der Waals surface area contributed by atoms with Gasteiger partial charge in [-0.25, -0.2) is 4.98 Å². The number of hydrogen-bond donors (Lipinski definition) is 1. The van der Waals surface area contributed by atoms with E-state index in [1.54, 1.807) is 25.3 Å². The fraction of sp³-hybridized carbons (Fsp3) is 0.333. The van der Waals surface area contributed by atoms with E-state index in [1.807, 2.05) is 23.9 Å². The Morgan fingerprint density at radius 2 is 2.13 bits per heavy atom. The molecular weight excluding hydrogens is 377 g/mol. The lowest BCUT2D eigenvalue weighted by molar-refractivity contribution is -0.120. The van der Waals surface area contributed by atoms with Gasteiger partial charge in [0.1, 0.15) is 4.33 Å². The van der Waals surface area contributed by atoms with Crippen molar-refractivity contribution in [2.75, 3.05) is 5.32 Å². The minimum atomic E-state index is -1.01. The van der Waals surface area contributed by atoms with Crippen molar-refractivity contribution in [2.45, 2.75) is 27.7 Å². The number of alkyl halides is 2. The summed E-state index contributed by atoms with van der Waals surface area (Å²) in [5.41, 5.74) is -0.170. The molecule has 1 amide bonds. The smallest absolute Gasteiger partial charge is 0.233 e. The first kappa shape index (κ1) is 17.0. The largest absolute Gasteiger partial charge is 0.329 e. The Bertz CT molecular complexity index is 777. The van der Waals surface area contributed by atoms with E-state index in [9.17, 15) is 4.79 Å². The number of amides is 1. The van der Waals surface area contributed by atoms with Crippen LogP contribution in [0.1, 0.15) is 13.3 Å². The van der Waals surface area contributed by atoms with E-state index in [1.165, 1.54) is 11.8 Å². The number of benzene rings is 1. The normalized spacial score (nSPS) is 22.0. The third-order valence-corrected chi connectivity index (χ3v) is 6.42. The summed E-state index contributed by atoms with van der Waals surface area (Å²) in [6.45, 7) is 1.75. The summed E-state index contributed by atoms with van der Waals surface area (Å²) in [4.78, 5) is 17.6. The summed E-state index contributed by atoms with van der Waals surface area (Å²) < 4.78 is 0.887. The molecule has 2 aromatic rings. The SMILES string of the molecule is Cn1ccnc1Sc1ccc(Cl)cc1NC(=O)[C@@]1(C)CC1(Cl)Cl. The van der Waals surface area contributed by atoms with Crippen LogP contribution < -0.4 is 5.32 Å². The molecule has 1 aromatic heterocycles. The van der Waals surface area contributed by atoms with E-state index >= 15 is 0 Å². The molecule has 1 N–H and O–H groups in total. The second-order valence-corrected chi connectivity index (χ2v) is 8.66. The first-order valence-electron chi connectivity index (χ1n) is 6.87. The third-order valence-electron chi connectivity index (χ3n) is 3.93. The summed E-state index contributed by atoms with van der Waals surface area (Å²) in [5, 5.41) is 4.24. The number of nitrogens with one attached hydrogen (secondary N) is 1. The Morgan fingerprint density at radius 1 is 1.43 bits per heavy atom. The molecular formula is C15H14Cl3N3OS. The van der Waals surface area contributed by atoms with Crippen molar-refractivity contribution in [3.05, 3.63) is 35.6 Å². The lowest BCUT2D eigenvalue weighted by atomic mass is 10.1. The van der Waals surface area contributed by atoms with Crippen molar-refractivity contribution in [3.8, 4) is 0 Å². The number of anilines is 1. The summed E-state index contributed by atoms with van der Waals surface area (Å²) in [6.07, 6.45) is 4.01. The van der Waals surface area contributed by atoms with Crippen LogP contribution in [-0.2, 0) is 11.8 Å². The van der Waals surface area contributed by atoms with Gasteiger partial charge in [0.2, 0.25) is 5.91 Å². The molecule has 1 atom stereocenters. The Morgan fingerprint density at radius 3 is 2.70 bits per heavy atom. The maximum Gasteiger partial charge on any atom is 0.233 e. The van der Waals surface area contributed by atoms with E-state index in [4.69, 9.17) is 34.8 Å². The number of rotatable bonds is 4. The van der Waals surface area contributed by atoms with Crippen LogP contribution in [0.25, 0.3) is 0 Å². The van der Waals surface area contributed by atoms with Gasteiger partial charge in [0.15, 0.2) is 5.16 Å². The highest BCUT2D eigenvalue weighted by Crippen LogP contribution is 2.64. The molecule has 1 fully saturated rings. The maximum absolute atomic E-state index is 12.5. The van der Waals surface area contributed by atoms with Crippen LogP contribution >= 0.6 is 46.6 Å². The first-order valence-corrected chi connectivity index (χ1v) is 8.82. The molecule has 3 rings (SSSR count). The van der Waals surface area contributed by atoms with Crippen molar-refractivity contribution in [1.82, 2.24) is 9.55 Å². The van der Waals surface area contributed by atoms with Gasteiger partial charge in [0, 0.05) is 29.4 Å². The van der Waals surface area contributed by atoms with Crippen molar-refractivity contribution in [2.24, 2.45) is 12.5 Å². The molecule has 0 spiro atoms. The number of nitrogens with zero attached hydrogens (tertiary/aromatic N) is 2. The van der Waals surface area contributed by atoms with Gasteiger partial charge in [-0.15, -0.1) is 23.2 Å². The van der Waals surface area contributed by atoms with Crippen LogP contribution in [-0.4, -0.2) is 19.8 Å². The number of imidazole rings is 1. The second kappa shape index (κ2) is 5.88. The molecule has 0 bridgehead atoms. The molecule has 122 valence electrons. The molecule has 1 aromatic carbocycles. The van der Waals surface area contributed by atoms with E-state index in [2.05, 4.69) is 10.3 Å². The lowest BCUT2D eigenvalue weighted by Crippen LogP contribution is -2.26. The fourth-order valence-electron chi connectivity index (χ4n) is 2.14. The van der Waals surface area contributed by atoms with Gasteiger partial charge in [-0.3, -0.25) is 4.79 Å². The van der Waals surface area contributed by atoms with Gasteiger partial charge in [-0.2, -0.15) is 0 Å². The van der Waals surface area contributed by atoms with Gasteiger partial charge in [0.25, 0.3) is 0 Å². The summed E-state index contributed by atoms with van der Waals surface area (Å²) in [7, 11) is 1.91. The molecule has 1 aliphatic carbocycles. The third kappa shape index (κ3) is 3.20. The van der Waals surface area contributed by atoms with Crippen LogP contribution in [0, 0.1) is 5.41 Å². The highest BCUT2D eigenvalue weighted by atomic mass is 35.5. The molecule has 1 saturated carbocycles. The monoisotopic (exact) mass is 389 g/mol. The highest BCUT2D eigenvalue weighted by molar-refractivity contribution is 7.99. The maximum atomic E-state index is 12.5. The molecule has 1 aliphatic rings. The quantitative estimate of drug-likeness (QED) is 0.767.